The molecule has 104 valence electrons. The van der Waals surface area contributed by atoms with Gasteiger partial charge in [-0.15, -0.1) is 0 Å². The van der Waals surface area contributed by atoms with E-state index in [1.54, 1.807) is 6.92 Å². The zero-order chi connectivity index (χ0) is 13.7. The van der Waals surface area contributed by atoms with Crippen LogP contribution in [0, 0.1) is 18.7 Å². The number of carbonyl (C=O) groups excluding carboxylic acids is 1. The minimum Gasteiger partial charge on any atom is -0.381 e. The van der Waals surface area contributed by atoms with Crippen LogP contribution >= 0.6 is 0 Å². The third-order valence-corrected chi connectivity index (χ3v) is 3.23. The van der Waals surface area contributed by atoms with Gasteiger partial charge in [-0.05, 0) is 55.9 Å². The van der Waals surface area contributed by atoms with Crippen LogP contribution < -0.4 is 5.32 Å². The number of halogens is 1. The summed E-state index contributed by atoms with van der Waals surface area (Å²) in [6.07, 6.45) is 3.39. The molecule has 1 N–H and O–H groups in total. The molecule has 0 bridgehead atoms. The number of rotatable bonds is 7. The lowest BCUT2D eigenvalue weighted by Crippen LogP contribution is -2.26. The van der Waals surface area contributed by atoms with Crippen molar-refractivity contribution in [3.8, 4) is 0 Å². The molecule has 1 aliphatic carbocycles. The predicted octanol–water partition coefficient (Wildman–Crippen LogP) is 2.68. The molecule has 2 rings (SSSR count). The summed E-state index contributed by atoms with van der Waals surface area (Å²) in [5.74, 6) is 0.304. The number of nitrogens with one attached hydrogen (secondary N) is 1. The van der Waals surface area contributed by atoms with E-state index < -0.39 is 0 Å². The van der Waals surface area contributed by atoms with Crippen molar-refractivity contribution in [1.29, 1.82) is 0 Å². The zero-order valence-corrected chi connectivity index (χ0v) is 11.2. The van der Waals surface area contributed by atoms with Crippen molar-refractivity contribution in [1.82, 2.24) is 5.32 Å². The second-order valence-electron chi connectivity index (χ2n) is 5.09. The normalized spacial score (nSPS) is 14.4. The van der Waals surface area contributed by atoms with Crippen molar-refractivity contribution in [2.75, 3.05) is 19.8 Å². The molecule has 0 aromatic heterocycles. The minimum atomic E-state index is -0.317. The fourth-order valence-corrected chi connectivity index (χ4v) is 1.89. The molecule has 0 aliphatic heterocycles. The second kappa shape index (κ2) is 6.66. The van der Waals surface area contributed by atoms with Crippen LogP contribution in [0.2, 0.25) is 0 Å². The molecular weight excluding hydrogens is 245 g/mol. The van der Waals surface area contributed by atoms with Crippen LogP contribution in [0.15, 0.2) is 18.2 Å². The maximum absolute atomic E-state index is 12.9. The van der Waals surface area contributed by atoms with Crippen LogP contribution in [0.5, 0.6) is 0 Å². The van der Waals surface area contributed by atoms with Crippen molar-refractivity contribution in [2.24, 2.45) is 5.92 Å². The van der Waals surface area contributed by atoms with Crippen LogP contribution in [0.3, 0.4) is 0 Å². The molecule has 1 saturated carbocycles. The van der Waals surface area contributed by atoms with Gasteiger partial charge in [-0.25, -0.2) is 4.39 Å². The molecular formula is C15H20FNO2. The third-order valence-electron chi connectivity index (χ3n) is 3.23. The molecule has 0 spiro atoms. The van der Waals surface area contributed by atoms with Gasteiger partial charge >= 0.3 is 0 Å². The lowest BCUT2D eigenvalue weighted by molar-refractivity contribution is 0.0937. The van der Waals surface area contributed by atoms with E-state index in [-0.39, 0.29) is 11.7 Å². The van der Waals surface area contributed by atoms with Crippen molar-refractivity contribution >= 4 is 5.91 Å². The molecule has 19 heavy (non-hydrogen) atoms. The van der Waals surface area contributed by atoms with Gasteiger partial charge in [-0.2, -0.15) is 0 Å². The molecule has 0 heterocycles. The number of amides is 1. The smallest absolute Gasteiger partial charge is 0.251 e. The van der Waals surface area contributed by atoms with Gasteiger partial charge in [0, 0.05) is 25.3 Å². The summed E-state index contributed by atoms with van der Waals surface area (Å²) in [4.78, 5) is 11.9. The van der Waals surface area contributed by atoms with Gasteiger partial charge in [0.25, 0.3) is 5.91 Å². The SMILES string of the molecule is Cc1cc(F)ccc1C(=O)NCCCOCC1CC1. The molecule has 1 aliphatic rings. The number of carbonyl (C=O) groups is 1. The number of hydrogen-bond donors (Lipinski definition) is 1. The number of benzene rings is 1. The summed E-state index contributed by atoms with van der Waals surface area (Å²) >= 11 is 0. The molecule has 1 aromatic carbocycles. The van der Waals surface area contributed by atoms with E-state index in [0.29, 0.717) is 24.3 Å². The zero-order valence-electron chi connectivity index (χ0n) is 11.2. The van der Waals surface area contributed by atoms with E-state index in [4.69, 9.17) is 4.74 Å². The summed E-state index contributed by atoms with van der Waals surface area (Å²) in [7, 11) is 0. The molecule has 1 aromatic rings. The van der Waals surface area contributed by atoms with Crippen LogP contribution in [0.4, 0.5) is 4.39 Å². The highest BCUT2D eigenvalue weighted by atomic mass is 19.1. The standard InChI is InChI=1S/C15H20FNO2/c1-11-9-13(16)5-6-14(11)15(18)17-7-2-8-19-10-12-3-4-12/h5-6,9,12H,2-4,7-8,10H2,1H3,(H,17,18). The molecule has 0 radical (unpaired) electrons. The minimum absolute atomic E-state index is 0.153. The van der Waals surface area contributed by atoms with Crippen molar-refractivity contribution in [3.63, 3.8) is 0 Å². The summed E-state index contributed by atoms with van der Waals surface area (Å²) in [6, 6.07) is 4.19. The summed E-state index contributed by atoms with van der Waals surface area (Å²) < 4.78 is 18.4. The first-order valence-electron chi connectivity index (χ1n) is 6.79. The van der Waals surface area contributed by atoms with E-state index in [0.717, 1.165) is 18.9 Å². The quantitative estimate of drug-likeness (QED) is 0.770. The Morgan fingerprint density at radius 2 is 2.26 bits per heavy atom. The van der Waals surface area contributed by atoms with Gasteiger partial charge in [0.1, 0.15) is 5.82 Å². The lowest BCUT2D eigenvalue weighted by Gasteiger charge is -2.08. The molecule has 1 amide bonds. The Kier molecular flexibility index (Phi) is 4.91. The largest absolute Gasteiger partial charge is 0.381 e. The van der Waals surface area contributed by atoms with Gasteiger partial charge in [0.15, 0.2) is 0 Å². The van der Waals surface area contributed by atoms with Gasteiger partial charge in [0.2, 0.25) is 0 Å². The van der Waals surface area contributed by atoms with Gasteiger partial charge in [-0.1, -0.05) is 0 Å². The fourth-order valence-electron chi connectivity index (χ4n) is 1.89. The fraction of sp³-hybridized carbons (Fsp3) is 0.533. The molecule has 0 saturated heterocycles. The van der Waals surface area contributed by atoms with E-state index in [1.807, 2.05) is 0 Å². The second-order valence-corrected chi connectivity index (χ2v) is 5.09. The Bertz CT molecular complexity index is 444. The Hall–Kier alpha value is -1.42. The summed E-state index contributed by atoms with van der Waals surface area (Å²) in [6.45, 7) is 3.85. The van der Waals surface area contributed by atoms with Crippen LogP contribution in [-0.4, -0.2) is 25.7 Å². The molecule has 3 nitrogen and oxygen atoms in total. The average Bonchev–Trinajstić information content (AvgIpc) is 3.17. The Balaban J connectivity index is 1.65. The number of hydrogen-bond acceptors (Lipinski definition) is 2. The molecule has 0 unspecified atom stereocenters. The van der Waals surface area contributed by atoms with E-state index >= 15 is 0 Å². The molecule has 1 fully saturated rings. The van der Waals surface area contributed by atoms with E-state index in [2.05, 4.69) is 5.32 Å². The lowest BCUT2D eigenvalue weighted by atomic mass is 10.1. The Labute approximate surface area is 113 Å². The van der Waals surface area contributed by atoms with E-state index in [1.165, 1.54) is 31.0 Å². The Morgan fingerprint density at radius 1 is 1.47 bits per heavy atom. The highest BCUT2D eigenvalue weighted by molar-refractivity contribution is 5.95. The Morgan fingerprint density at radius 3 is 2.95 bits per heavy atom. The van der Waals surface area contributed by atoms with Crippen molar-refractivity contribution in [3.05, 3.63) is 35.1 Å². The number of aryl methyl sites for hydroxylation is 1. The highest BCUT2D eigenvalue weighted by Gasteiger charge is 2.20. The van der Waals surface area contributed by atoms with Crippen LogP contribution in [0.25, 0.3) is 0 Å². The number of ether oxygens (including phenoxy) is 1. The third kappa shape index (κ3) is 4.63. The van der Waals surface area contributed by atoms with E-state index in [9.17, 15) is 9.18 Å². The van der Waals surface area contributed by atoms with Crippen LogP contribution in [-0.2, 0) is 4.74 Å². The first-order chi connectivity index (χ1) is 9.16. The molecule has 0 atom stereocenters. The summed E-state index contributed by atoms with van der Waals surface area (Å²) in [5.41, 5.74) is 1.18. The van der Waals surface area contributed by atoms with Crippen LogP contribution in [0.1, 0.15) is 35.2 Å². The van der Waals surface area contributed by atoms with Gasteiger partial charge < -0.3 is 10.1 Å². The maximum atomic E-state index is 12.9. The summed E-state index contributed by atoms with van der Waals surface area (Å²) in [5, 5.41) is 2.82. The van der Waals surface area contributed by atoms with Crippen molar-refractivity contribution in [2.45, 2.75) is 26.2 Å². The monoisotopic (exact) mass is 265 g/mol. The average molecular weight is 265 g/mol. The highest BCUT2D eigenvalue weighted by Crippen LogP contribution is 2.28. The first-order valence-corrected chi connectivity index (χ1v) is 6.79. The predicted molar refractivity (Wildman–Crippen MR) is 71.6 cm³/mol. The van der Waals surface area contributed by atoms with Gasteiger partial charge in [0.05, 0.1) is 0 Å². The molecule has 4 heteroatoms. The first kappa shape index (κ1) is 14.0. The topological polar surface area (TPSA) is 38.3 Å². The maximum Gasteiger partial charge on any atom is 0.251 e. The van der Waals surface area contributed by atoms with Gasteiger partial charge in [-0.3, -0.25) is 4.79 Å². The van der Waals surface area contributed by atoms with Crippen molar-refractivity contribution < 1.29 is 13.9 Å².